The third-order valence-electron chi connectivity index (χ3n) is 4.89. The highest BCUT2D eigenvalue weighted by molar-refractivity contribution is 7.89. The fraction of sp³-hybridized carbons (Fsp3) is 0.444. The predicted molar refractivity (Wildman–Crippen MR) is 109 cm³/mol. The summed E-state index contributed by atoms with van der Waals surface area (Å²) in [5, 5.41) is 10.4. The minimum atomic E-state index is -3.57. The van der Waals surface area contributed by atoms with Gasteiger partial charge in [0.15, 0.2) is 0 Å². The van der Waals surface area contributed by atoms with E-state index in [1.54, 1.807) is 35.1 Å². The maximum atomic E-state index is 12.8. The van der Waals surface area contributed by atoms with Crippen LogP contribution in [0.2, 0.25) is 0 Å². The van der Waals surface area contributed by atoms with Crippen molar-refractivity contribution in [3.63, 3.8) is 0 Å². The number of carbonyl (C=O) groups excluding carboxylic acids is 1. The van der Waals surface area contributed by atoms with Crippen molar-refractivity contribution in [3.8, 4) is 0 Å². The van der Waals surface area contributed by atoms with Gasteiger partial charge in [0, 0.05) is 52.9 Å². The van der Waals surface area contributed by atoms with E-state index in [0.717, 1.165) is 12.1 Å². The van der Waals surface area contributed by atoms with Crippen molar-refractivity contribution < 1.29 is 13.2 Å². The van der Waals surface area contributed by atoms with Gasteiger partial charge in [-0.3, -0.25) is 9.48 Å². The molecule has 1 aromatic heterocycles. The Balaban J connectivity index is 0.00000280. The van der Waals surface area contributed by atoms with Crippen LogP contribution in [-0.4, -0.2) is 55.6 Å². The van der Waals surface area contributed by atoms with Gasteiger partial charge in [-0.15, -0.1) is 12.4 Å². The predicted octanol–water partition coefficient (Wildman–Crippen LogP) is 0.712. The first kappa shape index (κ1) is 22.4. The van der Waals surface area contributed by atoms with Crippen LogP contribution in [-0.2, 0) is 28.4 Å². The van der Waals surface area contributed by atoms with Crippen molar-refractivity contribution in [2.75, 3.05) is 27.2 Å². The summed E-state index contributed by atoms with van der Waals surface area (Å²) < 4.78 is 27.9. The molecule has 0 aliphatic carbocycles. The average molecular weight is 428 g/mol. The summed E-state index contributed by atoms with van der Waals surface area (Å²) in [6.45, 7) is 1.47. The fourth-order valence-corrected chi connectivity index (χ4v) is 4.46. The molecule has 1 aliphatic rings. The Hall–Kier alpha value is -1.94. The Morgan fingerprint density at radius 1 is 1.32 bits per heavy atom. The Bertz CT molecular complexity index is 929. The lowest BCUT2D eigenvalue weighted by Crippen LogP contribution is -2.34. The van der Waals surface area contributed by atoms with Gasteiger partial charge < -0.3 is 10.6 Å². The summed E-state index contributed by atoms with van der Waals surface area (Å²) in [5.41, 5.74) is 1.60. The van der Waals surface area contributed by atoms with Crippen molar-refractivity contribution in [1.29, 1.82) is 0 Å². The highest BCUT2D eigenvalue weighted by atomic mass is 35.5. The first-order valence-corrected chi connectivity index (χ1v) is 10.2. The molecule has 0 radical (unpaired) electrons. The number of carbonyl (C=O) groups is 1. The number of sulfonamides is 1. The molecule has 0 bridgehead atoms. The average Bonchev–Trinajstić information content (AvgIpc) is 3.28. The van der Waals surface area contributed by atoms with E-state index in [-0.39, 0.29) is 41.6 Å². The highest BCUT2D eigenvalue weighted by Gasteiger charge is 2.34. The number of nitrogens with zero attached hydrogens (tertiary/aromatic N) is 3. The van der Waals surface area contributed by atoms with Crippen LogP contribution >= 0.6 is 12.4 Å². The lowest BCUT2D eigenvalue weighted by molar-refractivity contribution is -0.125. The Labute approximate surface area is 171 Å². The Morgan fingerprint density at radius 2 is 2.04 bits per heavy atom. The number of hydrogen-bond acceptors (Lipinski definition) is 5. The van der Waals surface area contributed by atoms with E-state index in [1.165, 1.54) is 18.4 Å². The Morgan fingerprint density at radius 3 is 2.68 bits per heavy atom. The van der Waals surface area contributed by atoms with Gasteiger partial charge in [-0.1, -0.05) is 18.2 Å². The number of nitrogens with one attached hydrogen (secondary N) is 2. The monoisotopic (exact) mass is 427 g/mol. The van der Waals surface area contributed by atoms with Gasteiger partial charge >= 0.3 is 0 Å². The van der Waals surface area contributed by atoms with E-state index in [2.05, 4.69) is 15.7 Å². The number of halogens is 1. The number of rotatable bonds is 6. The molecule has 3 rings (SSSR count). The second-order valence-corrected chi connectivity index (χ2v) is 9.05. The molecule has 0 unspecified atom stereocenters. The van der Waals surface area contributed by atoms with E-state index in [1.807, 2.05) is 13.2 Å². The summed E-state index contributed by atoms with van der Waals surface area (Å²) in [6.07, 6.45) is 3.72. The van der Waals surface area contributed by atoms with Crippen LogP contribution in [0.3, 0.4) is 0 Å². The fourth-order valence-electron chi connectivity index (χ4n) is 3.35. The molecule has 1 fully saturated rings. The number of aryl methyl sites for hydroxylation is 1. The summed E-state index contributed by atoms with van der Waals surface area (Å²) in [5.74, 6) is -0.253. The molecule has 0 spiro atoms. The lowest BCUT2D eigenvalue weighted by atomic mass is 9.90. The van der Waals surface area contributed by atoms with Crippen molar-refractivity contribution in [1.82, 2.24) is 24.7 Å². The first-order chi connectivity index (χ1) is 12.8. The van der Waals surface area contributed by atoms with Gasteiger partial charge in [0.05, 0.1) is 17.0 Å². The van der Waals surface area contributed by atoms with Crippen LogP contribution in [0.25, 0.3) is 0 Å². The largest absolute Gasteiger partial charge is 0.352 e. The zero-order valence-corrected chi connectivity index (χ0v) is 17.8. The Kier molecular flexibility index (Phi) is 7.22. The standard InChI is InChI=1S/C18H25N5O3S.ClH/c1-22(2)27(25,26)17-7-5-4-6-13(17)8-20-18(24)16-11-19-10-15(16)14-9-21-23(3)12-14;/h4-7,9,12,15-16,19H,8,10-11H2,1-3H3,(H,20,24);1H/t15-,16+;/m1./s1. The molecule has 2 atom stereocenters. The van der Waals surface area contributed by atoms with E-state index >= 15 is 0 Å². The van der Waals surface area contributed by atoms with Gasteiger partial charge in [0.25, 0.3) is 0 Å². The molecule has 28 heavy (non-hydrogen) atoms. The summed E-state index contributed by atoms with van der Waals surface area (Å²) in [4.78, 5) is 13.0. The maximum absolute atomic E-state index is 12.8. The topological polar surface area (TPSA) is 96.3 Å². The third kappa shape index (κ3) is 4.54. The number of hydrogen-bond donors (Lipinski definition) is 2. The molecule has 8 nitrogen and oxygen atoms in total. The second kappa shape index (κ2) is 9.04. The number of aromatic nitrogens is 2. The van der Waals surface area contributed by atoms with Gasteiger partial charge in [-0.2, -0.15) is 5.10 Å². The van der Waals surface area contributed by atoms with Crippen LogP contribution in [0.1, 0.15) is 17.0 Å². The molecular weight excluding hydrogens is 402 g/mol. The van der Waals surface area contributed by atoms with Gasteiger partial charge in [-0.05, 0) is 17.2 Å². The minimum absolute atomic E-state index is 0. The highest BCUT2D eigenvalue weighted by Crippen LogP contribution is 2.28. The number of benzene rings is 1. The molecule has 1 amide bonds. The molecule has 10 heteroatoms. The van der Waals surface area contributed by atoms with Crippen molar-refractivity contribution >= 4 is 28.3 Å². The van der Waals surface area contributed by atoms with Crippen molar-refractivity contribution in [2.45, 2.75) is 17.4 Å². The minimum Gasteiger partial charge on any atom is -0.352 e. The van der Waals surface area contributed by atoms with E-state index in [4.69, 9.17) is 0 Å². The maximum Gasteiger partial charge on any atom is 0.242 e. The van der Waals surface area contributed by atoms with Crippen molar-refractivity contribution in [3.05, 3.63) is 47.8 Å². The summed E-state index contributed by atoms with van der Waals surface area (Å²) >= 11 is 0. The zero-order chi connectivity index (χ0) is 19.6. The third-order valence-corrected chi connectivity index (χ3v) is 6.80. The van der Waals surface area contributed by atoms with Crippen LogP contribution in [0.15, 0.2) is 41.6 Å². The molecule has 1 aromatic carbocycles. The van der Waals surface area contributed by atoms with Crippen LogP contribution < -0.4 is 10.6 Å². The molecule has 2 N–H and O–H groups in total. The molecule has 0 saturated carbocycles. The van der Waals surface area contributed by atoms with E-state index in [9.17, 15) is 13.2 Å². The van der Waals surface area contributed by atoms with Crippen molar-refractivity contribution in [2.24, 2.45) is 13.0 Å². The normalized spacial score (nSPS) is 19.4. The molecule has 2 aromatic rings. The zero-order valence-electron chi connectivity index (χ0n) is 16.1. The molecule has 1 aliphatic heterocycles. The van der Waals surface area contributed by atoms with Gasteiger partial charge in [0.2, 0.25) is 15.9 Å². The summed E-state index contributed by atoms with van der Waals surface area (Å²) in [6, 6.07) is 6.74. The van der Waals surface area contributed by atoms with Gasteiger partial charge in [-0.25, -0.2) is 12.7 Å². The first-order valence-electron chi connectivity index (χ1n) is 8.78. The lowest BCUT2D eigenvalue weighted by Gasteiger charge is -2.19. The van der Waals surface area contributed by atoms with Crippen LogP contribution in [0.4, 0.5) is 0 Å². The second-order valence-electron chi connectivity index (χ2n) is 6.93. The molecule has 154 valence electrons. The van der Waals surface area contributed by atoms with Gasteiger partial charge in [0.1, 0.15) is 0 Å². The number of amides is 1. The smallest absolute Gasteiger partial charge is 0.242 e. The molecule has 1 saturated heterocycles. The van der Waals surface area contributed by atoms with Crippen LogP contribution in [0.5, 0.6) is 0 Å². The molecule has 2 heterocycles. The quantitative estimate of drug-likeness (QED) is 0.707. The SMILES string of the molecule is CN(C)S(=O)(=O)c1ccccc1CNC(=O)[C@H]1CNC[C@@H]1c1cnn(C)c1.Cl. The van der Waals surface area contributed by atoms with E-state index < -0.39 is 10.0 Å². The van der Waals surface area contributed by atoms with E-state index in [0.29, 0.717) is 12.1 Å². The van der Waals surface area contributed by atoms with Crippen LogP contribution in [0, 0.1) is 5.92 Å². The summed E-state index contributed by atoms with van der Waals surface area (Å²) in [7, 11) is 1.27. The molecular formula is C18H26ClN5O3S.